The fourth-order valence-electron chi connectivity index (χ4n) is 2.37. The number of aryl methyl sites for hydroxylation is 1. The monoisotopic (exact) mass is 281 g/mol. The number of anilines is 1. The van der Waals surface area contributed by atoms with Crippen LogP contribution in [0.3, 0.4) is 0 Å². The number of fused-ring (bicyclic) bond motifs is 1. The lowest BCUT2D eigenvalue weighted by atomic mass is 9.99. The summed E-state index contributed by atoms with van der Waals surface area (Å²) in [5, 5.41) is 4.96. The van der Waals surface area contributed by atoms with Crippen molar-refractivity contribution < 1.29 is 9.53 Å². The van der Waals surface area contributed by atoms with Crippen LogP contribution in [0.2, 0.25) is 0 Å². The zero-order chi connectivity index (χ0) is 13.9. The van der Waals surface area contributed by atoms with E-state index in [1.54, 1.807) is 11.3 Å². The van der Waals surface area contributed by atoms with E-state index >= 15 is 0 Å². The van der Waals surface area contributed by atoms with E-state index in [1.165, 1.54) is 36.1 Å². The van der Waals surface area contributed by atoms with Crippen LogP contribution < -0.4 is 5.32 Å². The molecule has 19 heavy (non-hydrogen) atoms. The molecule has 4 heteroatoms. The molecule has 1 N–H and O–H groups in total. The van der Waals surface area contributed by atoms with Crippen molar-refractivity contribution >= 4 is 23.1 Å². The molecule has 0 fully saturated rings. The quantitative estimate of drug-likeness (QED) is 0.806. The number of hydrogen-bond donors (Lipinski definition) is 1. The predicted molar refractivity (Wildman–Crippen MR) is 80.1 cm³/mol. The summed E-state index contributed by atoms with van der Waals surface area (Å²) < 4.78 is 5.31. The topological polar surface area (TPSA) is 38.3 Å². The number of rotatable bonds is 1. The molecule has 1 amide bonds. The first-order valence-corrected chi connectivity index (χ1v) is 7.93. The van der Waals surface area contributed by atoms with Crippen LogP contribution in [-0.2, 0) is 17.6 Å². The van der Waals surface area contributed by atoms with Crippen molar-refractivity contribution in [2.75, 3.05) is 5.32 Å². The third-order valence-electron chi connectivity index (χ3n) is 3.20. The minimum atomic E-state index is -0.450. The largest absolute Gasteiger partial charge is 0.444 e. The Kier molecular flexibility index (Phi) is 4.50. The van der Waals surface area contributed by atoms with Gasteiger partial charge in [-0.2, -0.15) is 0 Å². The van der Waals surface area contributed by atoms with Crippen molar-refractivity contribution in [3.05, 3.63) is 15.8 Å². The Balaban J connectivity index is 2.06. The molecule has 3 nitrogen and oxygen atoms in total. The highest BCUT2D eigenvalue weighted by Crippen LogP contribution is 2.32. The van der Waals surface area contributed by atoms with E-state index in [9.17, 15) is 4.79 Å². The summed E-state index contributed by atoms with van der Waals surface area (Å²) in [4.78, 5) is 13.3. The second-order valence-electron chi connectivity index (χ2n) is 6.09. The van der Waals surface area contributed by atoms with Crippen LogP contribution in [0.4, 0.5) is 10.5 Å². The molecule has 1 aliphatic carbocycles. The number of thiophene rings is 1. The van der Waals surface area contributed by atoms with Gasteiger partial charge in [-0.1, -0.05) is 12.8 Å². The van der Waals surface area contributed by atoms with Crippen molar-refractivity contribution in [2.45, 2.75) is 64.9 Å². The second kappa shape index (κ2) is 5.95. The summed E-state index contributed by atoms with van der Waals surface area (Å²) in [7, 11) is 0. The number of ether oxygens (including phenoxy) is 1. The number of carbonyl (C=O) groups is 1. The average Bonchev–Trinajstić information content (AvgIpc) is 2.56. The smallest absolute Gasteiger partial charge is 0.412 e. The zero-order valence-corrected chi connectivity index (χ0v) is 12.9. The van der Waals surface area contributed by atoms with Gasteiger partial charge < -0.3 is 4.74 Å². The van der Waals surface area contributed by atoms with Gasteiger partial charge in [0, 0.05) is 10.3 Å². The summed E-state index contributed by atoms with van der Waals surface area (Å²) >= 11 is 1.76. The molecule has 106 valence electrons. The average molecular weight is 281 g/mol. The molecular formula is C15H23NO2S. The van der Waals surface area contributed by atoms with Gasteiger partial charge in [-0.3, -0.25) is 5.32 Å². The van der Waals surface area contributed by atoms with Crippen molar-refractivity contribution in [3.63, 3.8) is 0 Å². The molecular weight excluding hydrogens is 258 g/mol. The van der Waals surface area contributed by atoms with Crippen LogP contribution in [0, 0.1) is 0 Å². The SMILES string of the molecule is CC(C)(C)OC(=O)Nc1csc2c1CCCCCC2. The molecule has 2 rings (SSSR count). The first-order valence-electron chi connectivity index (χ1n) is 7.05. The lowest BCUT2D eigenvalue weighted by Gasteiger charge is -2.20. The molecule has 1 aliphatic rings. The highest BCUT2D eigenvalue weighted by molar-refractivity contribution is 7.10. The maximum atomic E-state index is 11.8. The molecule has 0 saturated carbocycles. The highest BCUT2D eigenvalue weighted by atomic mass is 32.1. The lowest BCUT2D eigenvalue weighted by Crippen LogP contribution is -2.27. The molecule has 0 radical (unpaired) electrons. The van der Waals surface area contributed by atoms with Gasteiger partial charge in [0.05, 0.1) is 5.69 Å². The number of nitrogens with one attached hydrogen (secondary N) is 1. The van der Waals surface area contributed by atoms with E-state index in [0.717, 1.165) is 18.5 Å². The normalized spacial score (nSPS) is 16.2. The summed E-state index contributed by atoms with van der Waals surface area (Å²) in [6.07, 6.45) is 6.97. The van der Waals surface area contributed by atoms with E-state index < -0.39 is 5.60 Å². The van der Waals surface area contributed by atoms with Gasteiger partial charge >= 0.3 is 6.09 Å². The summed E-state index contributed by atoms with van der Waals surface area (Å²) in [5.41, 5.74) is 1.83. The Labute approximate surface area is 119 Å². The Morgan fingerprint density at radius 3 is 2.58 bits per heavy atom. The maximum Gasteiger partial charge on any atom is 0.412 e. The van der Waals surface area contributed by atoms with Crippen molar-refractivity contribution in [1.82, 2.24) is 0 Å². The number of amides is 1. The molecule has 0 aliphatic heterocycles. The molecule has 0 atom stereocenters. The Morgan fingerprint density at radius 1 is 1.21 bits per heavy atom. The summed E-state index contributed by atoms with van der Waals surface area (Å²) in [6, 6.07) is 0. The van der Waals surface area contributed by atoms with Crippen molar-refractivity contribution in [1.29, 1.82) is 0 Å². The van der Waals surface area contributed by atoms with Gasteiger partial charge in [0.15, 0.2) is 0 Å². The van der Waals surface area contributed by atoms with Gasteiger partial charge in [0.1, 0.15) is 5.60 Å². The molecule has 1 heterocycles. The summed E-state index contributed by atoms with van der Waals surface area (Å²) in [6.45, 7) is 5.64. The van der Waals surface area contributed by atoms with Gasteiger partial charge in [0.2, 0.25) is 0 Å². The Hall–Kier alpha value is -1.03. The second-order valence-corrected chi connectivity index (χ2v) is 7.06. The van der Waals surface area contributed by atoms with Crippen LogP contribution in [0.5, 0.6) is 0 Å². The molecule has 0 bridgehead atoms. The zero-order valence-electron chi connectivity index (χ0n) is 12.0. The van der Waals surface area contributed by atoms with Gasteiger partial charge in [-0.25, -0.2) is 4.79 Å². The fourth-order valence-corrected chi connectivity index (χ4v) is 3.44. The molecule has 0 aromatic carbocycles. The first kappa shape index (κ1) is 14.4. The van der Waals surface area contributed by atoms with Gasteiger partial charge in [-0.05, 0) is 52.0 Å². The van der Waals surface area contributed by atoms with Crippen molar-refractivity contribution in [2.24, 2.45) is 0 Å². The third kappa shape index (κ3) is 4.23. The number of hydrogen-bond acceptors (Lipinski definition) is 3. The molecule has 0 spiro atoms. The van der Waals surface area contributed by atoms with Crippen LogP contribution in [0.15, 0.2) is 5.38 Å². The van der Waals surface area contributed by atoms with E-state index in [-0.39, 0.29) is 6.09 Å². The minimum Gasteiger partial charge on any atom is -0.444 e. The molecule has 0 saturated heterocycles. The van der Waals surface area contributed by atoms with E-state index in [4.69, 9.17) is 4.74 Å². The first-order chi connectivity index (χ1) is 8.96. The maximum absolute atomic E-state index is 11.8. The summed E-state index contributed by atoms with van der Waals surface area (Å²) in [5.74, 6) is 0. The Morgan fingerprint density at radius 2 is 1.89 bits per heavy atom. The van der Waals surface area contributed by atoms with Crippen LogP contribution >= 0.6 is 11.3 Å². The standard InChI is InChI=1S/C15H23NO2S/c1-15(2,3)18-14(17)16-12-10-19-13-9-7-5-4-6-8-11(12)13/h10H,4-9H2,1-3H3,(H,16,17). The van der Waals surface area contributed by atoms with Gasteiger partial charge in [0.25, 0.3) is 0 Å². The Bertz CT molecular complexity index is 445. The van der Waals surface area contributed by atoms with Gasteiger partial charge in [-0.15, -0.1) is 11.3 Å². The molecule has 0 unspecified atom stereocenters. The van der Waals surface area contributed by atoms with E-state index in [0.29, 0.717) is 0 Å². The predicted octanol–water partition coefficient (Wildman–Crippen LogP) is 4.75. The highest BCUT2D eigenvalue weighted by Gasteiger charge is 2.19. The molecule has 1 aromatic heterocycles. The molecule has 1 aromatic rings. The minimum absolute atomic E-state index is 0.352. The lowest BCUT2D eigenvalue weighted by molar-refractivity contribution is 0.0636. The van der Waals surface area contributed by atoms with Crippen molar-refractivity contribution in [3.8, 4) is 0 Å². The van der Waals surface area contributed by atoms with Crippen LogP contribution in [0.1, 0.15) is 56.9 Å². The van der Waals surface area contributed by atoms with E-state index in [2.05, 4.69) is 10.7 Å². The van der Waals surface area contributed by atoms with E-state index in [1.807, 2.05) is 20.8 Å². The third-order valence-corrected chi connectivity index (χ3v) is 4.29. The van der Waals surface area contributed by atoms with Crippen LogP contribution in [0.25, 0.3) is 0 Å². The fraction of sp³-hybridized carbons (Fsp3) is 0.667. The number of carbonyl (C=O) groups excluding carboxylic acids is 1. The van der Waals surface area contributed by atoms with Crippen LogP contribution in [-0.4, -0.2) is 11.7 Å².